The summed E-state index contributed by atoms with van der Waals surface area (Å²) in [6.07, 6.45) is 0.582. The van der Waals surface area contributed by atoms with Crippen LogP contribution in [0.15, 0.2) is 24.3 Å². The minimum absolute atomic E-state index is 0.220. The fraction of sp³-hybridized carbons (Fsp3) is 0.538. The van der Waals surface area contributed by atoms with Crippen molar-refractivity contribution >= 4 is 0 Å². The van der Waals surface area contributed by atoms with Crippen LogP contribution < -0.4 is 5.32 Å². The summed E-state index contributed by atoms with van der Waals surface area (Å²) < 4.78 is 0. The summed E-state index contributed by atoms with van der Waals surface area (Å²) >= 11 is 0. The second-order valence-corrected chi connectivity index (χ2v) is 4.22. The first-order valence-corrected chi connectivity index (χ1v) is 5.57. The summed E-state index contributed by atoms with van der Waals surface area (Å²) in [4.78, 5) is 0. The molecule has 0 aliphatic carbocycles. The summed E-state index contributed by atoms with van der Waals surface area (Å²) in [5, 5.41) is 12.5. The molecule has 0 aliphatic heterocycles. The van der Waals surface area contributed by atoms with E-state index in [0.29, 0.717) is 6.04 Å². The Hall–Kier alpha value is -0.860. The highest BCUT2D eigenvalue weighted by Gasteiger charge is 2.04. The third kappa shape index (κ3) is 4.45. The van der Waals surface area contributed by atoms with Gasteiger partial charge in [-0.25, -0.2) is 0 Å². The van der Waals surface area contributed by atoms with Crippen molar-refractivity contribution in [1.82, 2.24) is 5.32 Å². The van der Waals surface area contributed by atoms with E-state index in [4.69, 9.17) is 5.11 Å². The van der Waals surface area contributed by atoms with Crippen molar-refractivity contribution in [2.45, 2.75) is 39.3 Å². The Balaban J connectivity index is 2.40. The minimum Gasteiger partial charge on any atom is -0.393 e. The molecule has 0 heterocycles. The van der Waals surface area contributed by atoms with Crippen LogP contribution in [-0.2, 0) is 0 Å². The van der Waals surface area contributed by atoms with Gasteiger partial charge in [0.15, 0.2) is 0 Å². The highest BCUT2D eigenvalue weighted by Crippen LogP contribution is 2.12. The van der Waals surface area contributed by atoms with E-state index in [2.05, 4.69) is 43.4 Å². The van der Waals surface area contributed by atoms with E-state index in [0.717, 1.165) is 13.0 Å². The van der Waals surface area contributed by atoms with Crippen LogP contribution in [0.2, 0.25) is 0 Å². The molecule has 0 saturated heterocycles. The van der Waals surface area contributed by atoms with E-state index < -0.39 is 0 Å². The summed E-state index contributed by atoms with van der Waals surface area (Å²) in [5.41, 5.74) is 2.58. The lowest BCUT2D eigenvalue weighted by Gasteiger charge is -2.15. The highest BCUT2D eigenvalue weighted by atomic mass is 16.3. The second kappa shape index (κ2) is 5.89. The quantitative estimate of drug-likeness (QED) is 0.777. The van der Waals surface area contributed by atoms with Gasteiger partial charge in [0.1, 0.15) is 0 Å². The Kier molecular flexibility index (Phi) is 4.79. The molecule has 84 valence electrons. The molecule has 0 unspecified atom stereocenters. The van der Waals surface area contributed by atoms with Gasteiger partial charge >= 0.3 is 0 Å². The van der Waals surface area contributed by atoms with Crippen LogP contribution in [-0.4, -0.2) is 17.8 Å². The maximum Gasteiger partial charge on any atom is 0.0524 e. The van der Waals surface area contributed by atoms with Crippen molar-refractivity contribution in [1.29, 1.82) is 0 Å². The molecule has 0 bridgehead atoms. The number of aliphatic hydroxyl groups is 1. The molecule has 0 radical (unpaired) electrons. The molecule has 2 N–H and O–H groups in total. The molecule has 0 fully saturated rings. The lowest BCUT2D eigenvalue weighted by atomic mass is 10.1. The third-order valence-electron chi connectivity index (χ3n) is 2.59. The molecule has 0 saturated carbocycles. The van der Waals surface area contributed by atoms with E-state index in [1.807, 2.05) is 6.92 Å². The maximum atomic E-state index is 9.13. The SMILES string of the molecule is Cc1ccc([C@H](C)NCC[C@H](C)O)cc1. The number of aryl methyl sites for hydroxylation is 1. The maximum absolute atomic E-state index is 9.13. The zero-order valence-corrected chi connectivity index (χ0v) is 9.83. The molecular weight excluding hydrogens is 186 g/mol. The molecule has 2 nitrogen and oxygen atoms in total. The molecule has 15 heavy (non-hydrogen) atoms. The van der Waals surface area contributed by atoms with Gasteiger partial charge in [0.25, 0.3) is 0 Å². The lowest BCUT2D eigenvalue weighted by molar-refractivity contribution is 0.182. The van der Waals surface area contributed by atoms with Gasteiger partial charge in [0.05, 0.1) is 6.10 Å². The number of hydrogen-bond acceptors (Lipinski definition) is 2. The van der Waals surface area contributed by atoms with Gasteiger partial charge in [-0.3, -0.25) is 0 Å². The predicted molar refractivity (Wildman–Crippen MR) is 63.9 cm³/mol. The van der Waals surface area contributed by atoms with Crippen LogP contribution >= 0.6 is 0 Å². The van der Waals surface area contributed by atoms with E-state index in [1.54, 1.807) is 0 Å². The number of rotatable bonds is 5. The molecule has 0 aliphatic rings. The highest BCUT2D eigenvalue weighted by molar-refractivity contribution is 5.23. The monoisotopic (exact) mass is 207 g/mol. The topological polar surface area (TPSA) is 32.3 Å². The zero-order chi connectivity index (χ0) is 11.3. The number of hydrogen-bond donors (Lipinski definition) is 2. The number of aliphatic hydroxyl groups excluding tert-OH is 1. The Morgan fingerprint density at radius 1 is 1.20 bits per heavy atom. The van der Waals surface area contributed by atoms with Crippen LogP contribution in [0, 0.1) is 6.92 Å². The number of benzene rings is 1. The van der Waals surface area contributed by atoms with E-state index >= 15 is 0 Å². The van der Waals surface area contributed by atoms with Crippen molar-refractivity contribution in [2.75, 3.05) is 6.54 Å². The van der Waals surface area contributed by atoms with Gasteiger partial charge < -0.3 is 10.4 Å². The summed E-state index contributed by atoms with van der Waals surface area (Å²) in [7, 11) is 0. The molecule has 1 rings (SSSR count). The number of nitrogens with one attached hydrogen (secondary N) is 1. The van der Waals surface area contributed by atoms with Gasteiger partial charge in [-0.2, -0.15) is 0 Å². The fourth-order valence-corrected chi connectivity index (χ4v) is 1.48. The van der Waals surface area contributed by atoms with Crippen LogP contribution in [0.25, 0.3) is 0 Å². The van der Waals surface area contributed by atoms with Gasteiger partial charge in [0.2, 0.25) is 0 Å². The molecule has 0 spiro atoms. The Morgan fingerprint density at radius 2 is 1.80 bits per heavy atom. The molecule has 2 atom stereocenters. The van der Waals surface area contributed by atoms with E-state index in [-0.39, 0.29) is 6.10 Å². The molecule has 0 amide bonds. The van der Waals surface area contributed by atoms with Crippen molar-refractivity contribution in [3.8, 4) is 0 Å². The van der Waals surface area contributed by atoms with Crippen LogP contribution in [0.3, 0.4) is 0 Å². The van der Waals surface area contributed by atoms with Crippen molar-refractivity contribution in [3.05, 3.63) is 35.4 Å². The van der Waals surface area contributed by atoms with Gasteiger partial charge in [0, 0.05) is 6.04 Å². The zero-order valence-electron chi connectivity index (χ0n) is 9.83. The largest absolute Gasteiger partial charge is 0.393 e. The Bertz CT molecular complexity index is 279. The average Bonchev–Trinajstić information content (AvgIpc) is 2.18. The molecule has 1 aromatic carbocycles. The summed E-state index contributed by atoms with van der Waals surface area (Å²) in [5.74, 6) is 0. The van der Waals surface area contributed by atoms with Crippen LogP contribution in [0.1, 0.15) is 37.4 Å². The Morgan fingerprint density at radius 3 is 2.33 bits per heavy atom. The minimum atomic E-state index is -0.220. The van der Waals surface area contributed by atoms with Crippen LogP contribution in [0.5, 0.6) is 0 Å². The molecular formula is C13H21NO. The first kappa shape index (κ1) is 12.2. The van der Waals surface area contributed by atoms with Crippen molar-refractivity contribution in [3.63, 3.8) is 0 Å². The lowest BCUT2D eigenvalue weighted by Crippen LogP contribution is -2.22. The molecule has 2 heteroatoms. The van der Waals surface area contributed by atoms with E-state index in [1.165, 1.54) is 11.1 Å². The fourth-order valence-electron chi connectivity index (χ4n) is 1.48. The summed E-state index contributed by atoms with van der Waals surface area (Å²) in [6, 6.07) is 8.90. The average molecular weight is 207 g/mol. The van der Waals surface area contributed by atoms with E-state index in [9.17, 15) is 0 Å². The predicted octanol–water partition coefficient (Wildman–Crippen LogP) is 2.42. The van der Waals surface area contributed by atoms with Gasteiger partial charge in [-0.05, 0) is 39.3 Å². The summed E-state index contributed by atoms with van der Waals surface area (Å²) in [6.45, 7) is 6.91. The molecule has 0 aromatic heterocycles. The first-order chi connectivity index (χ1) is 7.09. The van der Waals surface area contributed by atoms with Gasteiger partial charge in [-0.15, -0.1) is 0 Å². The van der Waals surface area contributed by atoms with Crippen LogP contribution in [0.4, 0.5) is 0 Å². The van der Waals surface area contributed by atoms with Crippen molar-refractivity contribution in [2.24, 2.45) is 0 Å². The van der Waals surface area contributed by atoms with Crippen molar-refractivity contribution < 1.29 is 5.11 Å². The normalized spacial score (nSPS) is 14.9. The third-order valence-corrected chi connectivity index (χ3v) is 2.59. The second-order valence-electron chi connectivity index (χ2n) is 4.22. The van der Waals surface area contributed by atoms with Gasteiger partial charge in [-0.1, -0.05) is 29.8 Å². The molecule has 1 aromatic rings. The smallest absolute Gasteiger partial charge is 0.0524 e. The standard InChI is InChI=1S/C13H21NO/c1-10-4-6-13(7-5-10)12(3)14-9-8-11(2)15/h4-7,11-12,14-15H,8-9H2,1-3H3/t11-,12-/m0/s1. The Labute approximate surface area is 92.3 Å². The first-order valence-electron chi connectivity index (χ1n) is 5.57.